The molecule has 0 aromatic carbocycles. The number of hydrogen-bond donors (Lipinski definition) is 1. The summed E-state index contributed by atoms with van der Waals surface area (Å²) in [5, 5.41) is 7.91. The Morgan fingerprint density at radius 3 is 2.83 bits per heavy atom. The first-order valence-electron chi connectivity index (χ1n) is 6.36. The molecular formula is C14H20N4. The van der Waals surface area contributed by atoms with Crippen LogP contribution < -0.4 is 5.32 Å². The van der Waals surface area contributed by atoms with Gasteiger partial charge in [0.15, 0.2) is 0 Å². The van der Waals surface area contributed by atoms with Crippen molar-refractivity contribution in [3.63, 3.8) is 0 Å². The molecule has 0 aliphatic carbocycles. The van der Waals surface area contributed by atoms with Gasteiger partial charge in [0.1, 0.15) is 0 Å². The molecule has 0 aliphatic heterocycles. The molecule has 4 heteroatoms. The fourth-order valence-corrected chi connectivity index (χ4v) is 1.90. The molecule has 0 unspecified atom stereocenters. The van der Waals surface area contributed by atoms with Gasteiger partial charge in [0.25, 0.3) is 0 Å². The summed E-state index contributed by atoms with van der Waals surface area (Å²) in [6.07, 6.45) is 2.80. The Hall–Kier alpha value is -1.68. The Kier molecular flexibility index (Phi) is 4.10. The standard InChI is InChI=1S/C14H20N4/c1-4-12-9-13(18(3)17-12)10-16-11(2)14-7-5-6-8-15-14/h5-9,11,16H,4,10H2,1-3H3/t11-/m0/s1. The molecule has 1 atom stereocenters. The lowest BCUT2D eigenvalue weighted by molar-refractivity contribution is 0.538. The third kappa shape index (κ3) is 2.96. The third-order valence-electron chi connectivity index (χ3n) is 3.11. The maximum Gasteiger partial charge on any atom is 0.0625 e. The topological polar surface area (TPSA) is 42.7 Å². The van der Waals surface area contributed by atoms with E-state index in [1.54, 1.807) is 0 Å². The van der Waals surface area contributed by atoms with Gasteiger partial charge in [0.05, 0.1) is 17.1 Å². The van der Waals surface area contributed by atoms with Crippen molar-refractivity contribution in [1.29, 1.82) is 0 Å². The third-order valence-corrected chi connectivity index (χ3v) is 3.11. The molecule has 2 aromatic rings. The Balaban J connectivity index is 1.97. The van der Waals surface area contributed by atoms with Gasteiger partial charge in [-0.1, -0.05) is 13.0 Å². The summed E-state index contributed by atoms with van der Waals surface area (Å²) in [6.45, 7) is 5.05. The first-order chi connectivity index (χ1) is 8.70. The maximum absolute atomic E-state index is 4.44. The van der Waals surface area contributed by atoms with Gasteiger partial charge >= 0.3 is 0 Å². The number of nitrogens with one attached hydrogen (secondary N) is 1. The zero-order valence-corrected chi connectivity index (χ0v) is 11.2. The van der Waals surface area contributed by atoms with Crippen LogP contribution in [-0.4, -0.2) is 14.8 Å². The van der Waals surface area contributed by atoms with Gasteiger partial charge in [-0.05, 0) is 31.5 Å². The number of aryl methyl sites for hydroxylation is 2. The Morgan fingerprint density at radius 2 is 2.22 bits per heavy atom. The van der Waals surface area contributed by atoms with Crippen molar-refractivity contribution in [3.05, 3.63) is 47.5 Å². The number of rotatable bonds is 5. The highest BCUT2D eigenvalue weighted by Crippen LogP contribution is 2.10. The van der Waals surface area contributed by atoms with Crippen molar-refractivity contribution in [2.75, 3.05) is 0 Å². The van der Waals surface area contributed by atoms with Gasteiger partial charge in [0.2, 0.25) is 0 Å². The highest BCUT2D eigenvalue weighted by atomic mass is 15.3. The predicted octanol–water partition coefficient (Wildman–Crippen LogP) is 2.23. The first-order valence-corrected chi connectivity index (χ1v) is 6.36. The van der Waals surface area contributed by atoms with Crippen LogP contribution in [0.3, 0.4) is 0 Å². The van der Waals surface area contributed by atoms with Crippen LogP contribution in [0.1, 0.15) is 37.0 Å². The van der Waals surface area contributed by atoms with Crippen LogP contribution in [0.5, 0.6) is 0 Å². The van der Waals surface area contributed by atoms with Crippen molar-refractivity contribution >= 4 is 0 Å². The molecule has 2 rings (SSSR count). The van der Waals surface area contributed by atoms with Gasteiger partial charge in [-0.3, -0.25) is 9.67 Å². The van der Waals surface area contributed by atoms with Gasteiger partial charge in [-0.25, -0.2) is 0 Å². The Labute approximate surface area is 108 Å². The Morgan fingerprint density at radius 1 is 1.39 bits per heavy atom. The minimum absolute atomic E-state index is 0.242. The largest absolute Gasteiger partial charge is 0.303 e. The van der Waals surface area contributed by atoms with E-state index in [0.717, 1.165) is 24.4 Å². The van der Waals surface area contributed by atoms with E-state index in [2.05, 4.69) is 35.3 Å². The highest BCUT2D eigenvalue weighted by molar-refractivity contribution is 5.11. The van der Waals surface area contributed by atoms with E-state index >= 15 is 0 Å². The highest BCUT2D eigenvalue weighted by Gasteiger charge is 2.08. The molecule has 2 aromatic heterocycles. The number of nitrogens with zero attached hydrogens (tertiary/aromatic N) is 3. The second-order valence-corrected chi connectivity index (χ2v) is 4.46. The normalized spacial score (nSPS) is 12.6. The van der Waals surface area contributed by atoms with E-state index in [4.69, 9.17) is 0 Å². The molecule has 1 N–H and O–H groups in total. The van der Waals surface area contributed by atoms with Gasteiger partial charge in [-0.2, -0.15) is 5.10 Å². The monoisotopic (exact) mass is 244 g/mol. The SMILES string of the molecule is CCc1cc(CN[C@@H](C)c2ccccn2)n(C)n1. The molecular weight excluding hydrogens is 224 g/mol. The number of aromatic nitrogens is 3. The molecule has 18 heavy (non-hydrogen) atoms. The molecule has 0 fully saturated rings. The average Bonchev–Trinajstić information content (AvgIpc) is 2.77. The first kappa shape index (κ1) is 12.8. The van der Waals surface area contributed by atoms with E-state index in [9.17, 15) is 0 Å². The van der Waals surface area contributed by atoms with E-state index in [-0.39, 0.29) is 6.04 Å². The minimum Gasteiger partial charge on any atom is -0.303 e. The zero-order valence-electron chi connectivity index (χ0n) is 11.2. The number of hydrogen-bond acceptors (Lipinski definition) is 3. The van der Waals surface area contributed by atoms with E-state index < -0.39 is 0 Å². The maximum atomic E-state index is 4.44. The summed E-state index contributed by atoms with van der Waals surface area (Å²) < 4.78 is 1.94. The van der Waals surface area contributed by atoms with Crippen LogP contribution in [0.4, 0.5) is 0 Å². The second kappa shape index (κ2) is 5.78. The van der Waals surface area contributed by atoms with Crippen molar-refractivity contribution in [2.24, 2.45) is 7.05 Å². The molecule has 0 saturated carbocycles. The molecule has 0 aliphatic rings. The molecule has 0 spiro atoms. The van der Waals surface area contributed by atoms with Crippen molar-refractivity contribution in [3.8, 4) is 0 Å². The van der Waals surface area contributed by atoms with Crippen molar-refractivity contribution < 1.29 is 0 Å². The summed E-state index contributed by atoms with van der Waals surface area (Å²) in [5.74, 6) is 0. The van der Waals surface area contributed by atoms with Crippen LogP contribution in [-0.2, 0) is 20.0 Å². The lowest BCUT2D eigenvalue weighted by atomic mass is 10.2. The molecule has 0 radical (unpaired) electrons. The summed E-state index contributed by atoms with van der Waals surface area (Å²) in [5.41, 5.74) is 3.41. The van der Waals surface area contributed by atoms with E-state index in [0.29, 0.717) is 0 Å². The summed E-state index contributed by atoms with van der Waals surface area (Å²) >= 11 is 0. The second-order valence-electron chi connectivity index (χ2n) is 4.46. The van der Waals surface area contributed by atoms with Gasteiger partial charge in [-0.15, -0.1) is 0 Å². The lowest BCUT2D eigenvalue weighted by Gasteiger charge is -2.12. The van der Waals surface area contributed by atoms with Crippen molar-refractivity contribution in [2.45, 2.75) is 32.9 Å². The summed E-state index contributed by atoms with van der Waals surface area (Å²) in [7, 11) is 1.99. The van der Waals surface area contributed by atoms with Crippen LogP contribution in [0.25, 0.3) is 0 Å². The van der Waals surface area contributed by atoms with Crippen LogP contribution in [0.2, 0.25) is 0 Å². The van der Waals surface area contributed by atoms with Crippen LogP contribution in [0.15, 0.2) is 30.5 Å². The molecule has 96 valence electrons. The van der Waals surface area contributed by atoms with Gasteiger partial charge in [0, 0.05) is 25.8 Å². The van der Waals surface area contributed by atoms with Crippen molar-refractivity contribution in [1.82, 2.24) is 20.1 Å². The zero-order chi connectivity index (χ0) is 13.0. The fraction of sp³-hybridized carbons (Fsp3) is 0.429. The van der Waals surface area contributed by atoms with E-state index in [1.807, 2.05) is 36.1 Å². The minimum atomic E-state index is 0.242. The molecule has 4 nitrogen and oxygen atoms in total. The fourth-order valence-electron chi connectivity index (χ4n) is 1.90. The average molecular weight is 244 g/mol. The summed E-state index contributed by atoms with van der Waals surface area (Å²) in [4.78, 5) is 4.35. The predicted molar refractivity (Wildman–Crippen MR) is 72.1 cm³/mol. The van der Waals surface area contributed by atoms with Crippen LogP contribution in [0, 0.1) is 0 Å². The Bertz CT molecular complexity index is 490. The lowest BCUT2D eigenvalue weighted by Crippen LogP contribution is -2.20. The molecule has 2 heterocycles. The van der Waals surface area contributed by atoms with Gasteiger partial charge < -0.3 is 5.32 Å². The van der Waals surface area contributed by atoms with E-state index in [1.165, 1.54) is 5.69 Å². The summed E-state index contributed by atoms with van der Waals surface area (Å²) in [6, 6.07) is 8.38. The van der Waals surface area contributed by atoms with Crippen LogP contribution >= 0.6 is 0 Å². The number of pyridine rings is 1. The smallest absolute Gasteiger partial charge is 0.0625 e. The molecule has 0 saturated heterocycles. The quantitative estimate of drug-likeness (QED) is 0.877. The molecule has 0 bridgehead atoms. The molecule has 0 amide bonds.